The number of guanidine groups is 1. The van der Waals surface area contributed by atoms with Gasteiger partial charge in [0.2, 0.25) is 5.91 Å². The van der Waals surface area contributed by atoms with E-state index < -0.39 is 0 Å². The topological polar surface area (TPSA) is 57.2 Å². The summed E-state index contributed by atoms with van der Waals surface area (Å²) in [6.45, 7) is 3.70. The van der Waals surface area contributed by atoms with Gasteiger partial charge in [0.05, 0.1) is 6.61 Å². The van der Waals surface area contributed by atoms with E-state index in [1.165, 1.54) is 25.7 Å². The van der Waals surface area contributed by atoms with Gasteiger partial charge in [-0.15, -0.1) is 24.0 Å². The Balaban J connectivity index is 0.00000264. The van der Waals surface area contributed by atoms with E-state index in [1.54, 1.807) is 26.1 Å². The molecule has 0 aromatic rings. The van der Waals surface area contributed by atoms with Crippen molar-refractivity contribution < 1.29 is 9.53 Å². The summed E-state index contributed by atoms with van der Waals surface area (Å²) in [5.74, 6) is 2.49. The predicted molar refractivity (Wildman–Crippen MR) is 103 cm³/mol. The first-order valence-corrected chi connectivity index (χ1v) is 8.34. The monoisotopic (exact) mass is 438 g/mol. The number of aliphatic imine (C=N–C) groups is 1. The molecule has 1 heterocycles. The number of amides is 1. The first-order chi connectivity index (χ1) is 10.6. The molecule has 1 amide bonds. The van der Waals surface area contributed by atoms with Crippen LogP contribution in [-0.2, 0) is 9.53 Å². The minimum atomic E-state index is 0. The Morgan fingerprint density at radius 2 is 1.87 bits per heavy atom. The number of halogens is 1. The first-order valence-electron chi connectivity index (χ1n) is 8.34. The van der Waals surface area contributed by atoms with Crippen molar-refractivity contribution in [2.24, 2.45) is 16.8 Å². The number of hydrogen-bond donors (Lipinski definition) is 1. The van der Waals surface area contributed by atoms with Crippen molar-refractivity contribution in [1.29, 1.82) is 0 Å². The summed E-state index contributed by atoms with van der Waals surface area (Å²) < 4.78 is 5.10. The Bertz CT molecular complexity index is 390. The van der Waals surface area contributed by atoms with Gasteiger partial charge in [0.25, 0.3) is 0 Å². The van der Waals surface area contributed by atoms with E-state index >= 15 is 0 Å². The number of ether oxygens (including phenoxy) is 1. The predicted octanol–water partition coefficient (Wildman–Crippen LogP) is 1.41. The highest BCUT2D eigenvalue weighted by molar-refractivity contribution is 14.0. The number of hydrogen-bond acceptors (Lipinski definition) is 3. The summed E-state index contributed by atoms with van der Waals surface area (Å²) in [7, 11) is 5.22. The minimum Gasteiger partial charge on any atom is -0.383 e. The zero-order chi connectivity index (χ0) is 15.9. The van der Waals surface area contributed by atoms with Crippen molar-refractivity contribution in [3.63, 3.8) is 0 Å². The molecule has 0 aromatic heterocycles. The Kier molecular flexibility index (Phi) is 9.19. The Morgan fingerprint density at radius 3 is 2.39 bits per heavy atom. The van der Waals surface area contributed by atoms with Gasteiger partial charge in [-0.2, -0.15) is 0 Å². The smallest absolute Gasteiger partial charge is 0.243 e. The molecule has 23 heavy (non-hydrogen) atoms. The largest absolute Gasteiger partial charge is 0.383 e. The number of methoxy groups -OCH3 is 1. The van der Waals surface area contributed by atoms with E-state index in [0.717, 1.165) is 37.4 Å². The maximum atomic E-state index is 11.8. The second kappa shape index (κ2) is 10.3. The third-order valence-corrected chi connectivity index (χ3v) is 4.73. The highest BCUT2D eigenvalue weighted by Crippen LogP contribution is 2.35. The SMILES string of the molecule is COCCNC(=NCC(=O)N(C)C)N1CC2CCCCC2C1.I. The number of nitrogens with one attached hydrogen (secondary N) is 1. The van der Waals surface area contributed by atoms with Crippen LogP contribution in [0.2, 0.25) is 0 Å². The van der Waals surface area contributed by atoms with Crippen molar-refractivity contribution in [2.45, 2.75) is 25.7 Å². The van der Waals surface area contributed by atoms with E-state index in [1.807, 2.05) is 0 Å². The average Bonchev–Trinajstić information content (AvgIpc) is 2.94. The van der Waals surface area contributed by atoms with Gasteiger partial charge >= 0.3 is 0 Å². The molecule has 134 valence electrons. The second-order valence-electron chi connectivity index (χ2n) is 6.56. The summed E-state index contributed by atoms with van der Waals surface area (Å²) in [5.41, 5.74) is 0. The molecule has 0 spiro atoms. The lowest BCUT2D eigenvalue weighted by Crippen LogP contribution is -2.42. The molecule has 0 bridgehead atoms. The molecule has 2 unspecified atom stereocenters. The summed E-state index contributed by atoms with van der Waals surface area (Å²) in [4.78, 5) is 20.2. The molecule has 6 nitrogen and oxygen atoms in total. The van der Waals surface area contributed by atoms with Gasteiger partial charge in [0.15, 0.2) is 5.96 Å². The summed E-state index contributed by atoms with van der Waals surface area (Å²) in [6, 6.07) is 0. The fourth-order valence-corrected chi connectivity index (χ4v) is 3.40. The van der Waals surface area contributed by atoms with Gasteiger partial charge in [0, 0.05) is 40.8 Å². The molecule has 1 saturated carbocycles. The van der Waals surface area contributed by atoms with Crippen LogP contribution in [0, 0.1) is 11.8 Å². The normalized spacial score (nSPS) is 24.0. The van der Waals surface area contributed by atoms with Crippen LogP contribution in [0.25, 0.3) is 0 Å². The maximum absolute atomic E-state index is 11.8. The molecule has 1 N–H and O–H groups in total. The molecule has 7 heteroatoms. The standard InChI is InChI=1S/C16H30N4O2.HI/c1-19(2)15(21)10-18-16(17-8-9-22-3)20-11-13-6-4-5-7-14(13)12-20;/h13-14H,4-12H2,1-3H3,(H,17,18);1H. The number of rotatable bonds is 5. The molecule has 2 aliphatic rings. The van der Waals surface area contributed by atoms with Crippen molar-refractivity contribution in [3.8, 4) is 0 Å². The van der Waals surface area contributed by atoms with Gasteiger partial charge in [-0.3, -0.25) is 4.79 Å². The quantitative estimate of drug-likeness (QED) is 0.305. The van der Waals surface area contributed by atoms with E-state index in [2.05, 4.69) is 15.2 Å². The van der Waals surface area contributed by atoms with Gasteiger partial charge in [-0.1, -0.05) is 12.8 Å². The zero-order valence-corrected chi connectivity index (χ0v) is 16.9. The average molecular weight is 438 g/mol. The number of fused-ring (bicyclic) bond motifs is 1. The number of likely N-dealkylation sites (N-methyl/N-ethyl adjacent to an activating group) is 1. The maximum Gasteiger partial charge on any atom is 0.243 e. The molecule has 1 saturated heterocycles. The third kappa shape index (κ3) is 6.10. The Labute approximate surface area is 157 Å². The summed E-state index contributed by atoms with van der Waals surface area (Å²) >= 11 is 0. The molecule has 1 aliphatic carbocycles. The second-order valence-corrected chi connectivity index (χ2v) is 6.56. The fourth-order valence-electron chi connectivity index (χ4n) is 3.40. The van der Waals surface area contributed by atoms with Gasteiger partial charge in [-0.05, 0) is 24.7 Å². The van der Waals surface area contributed by atoms with Crippen LogP contribution in [0.5, 0.6) is 0 Å². The Hall–Kier alpha value is -0.570. The molecule has 2 fully saturated rings. The van der Waals surface area contributed by atoms with E-state index in [0.29, 0.717) is 6.61 Å². The molecule has 2 rings (SSSR count). The number of likely N-dealkylation sites (tertiary alicyclic amines) is 1. The van der Waals surface area contributed by atoms with Crippen LogP contribution in [0.1, 0.15) is 25.7 Å². The summed E-state index contributed by atoms with van der Waals surface area (Å²) in [5, 5.41) is 3.35. The highest BCUT2D eigenvalue weighted by atomic mass is 127. The molecule has 2 atom stereocenters. The number of carbonyl (C=O) groups excluding carboxylic acids is 1. The van der Waals surface area contributed by atoms with Gasteiger partial charge in [0.1, 0.15) is 6.54 Å². The Morgan fingerprint density at radius 1 is 1.26 bits per heavy atom. The minimum absolute atomic E-state index is 0. The van der Waals surface area contributed by atoms with Crippen LogP contribution < -0.4 is 5.32 Å². The number of carbonyl (C=O) groups is 1. The van der Waals surface area contributed by atoms with Crippen LogP contribution >= 0.6 is 24.0 Å². The van der Waals surface area contributed by atoms with E-state index in [4.69, 9.17) is 4.74 Å². The third-order valence-electron chi connectivity index (χ3n) is 4.73. The van der Waals surface area contributed by atoms with Crippen LogP contribution in [0.4, 0.5) is 0 Å². The molecule has 0 aromatic carbocycles. The fraction of sp³-hybridized carbons (Fsp3) is 0.875. The lowest BCUT2D eigenvalue weighted by atomic mass is 9.82. The van der Waals surface area contributed by atoms with Gasteiger partial charge in [-0.25, -0.2) is 4.99 Å². The molecular formula is C16H31IN4O2. The van der Waals surface area contributed by atoms with Crippen molar-refractivity contribution in [1.82, 2.24) is 15.1 Å². The number of nitrogens with zero attached hydrogens (tertiary/aromatic N) is 3. The van der Waals surface area contributed by atoms with Crippen LogP contribution in [0.3, 0.4) is 0 Å². The van der Waals surface area contributed by atoms with Crippen molar-refractivity contribution in [2.75, 3.05) is 54.0 Å². The lowest BCUT2D eigenvalue weighted by Gasteiger charge is -2.22. The van der Waals surface area contributed by atoms with Gasteiger partial charge < -0.3 is 19.9 Å². The molecule has 1 aliphatic heterocycles. The highest BCUT2D eigenvalue weighted by Gasteiger charge is 2.35. The van der Waals surface area contributed by atoms with E-state index in [9.17, 15) is 4.79 Å². The lowest BCUT2D eigenvalue weighted by molar-refractivity contribution is -0.127. The zero-order valence-electron chi connectivity index (χ0n) is 14.6. The summed E-state index contributed by atoms with van der Waals surface area (Å²) in [6.07, 6.45) is 5.39. The first kappa shape index (κ1) is 20.5. The molecule has 0 radical (unpaired) electrons. The molecular weight excluding hydrogens is 407 g/mol. The van der Waals surface area contributed by atoms with E-state index in [-0.39, 0.29) is 36.4 Å². The van der Waals surface area contributed by atoms with Crippen LogP contribution in [0.15, 0.2) is 4.99 Å². The van der Waals surface area contributed by atoms with Crippen molar-refractivity contribution >= 4 is 35.8 Å². The van der Waals surface area contributed by atoms with Crippen LogP contribution in [-0.4, -0.2) is 75.7 Å². The van der Waals surface area contributed by atoms with Crippen molar-refractivity contribution in [3.05, 3.63) is 0 Å².